The highest BCUT2D eigenvalue weighted by atomic mass is 16.5. The number of hydrogen-bond donors (Lipinski definition) is 2. The fraction of sp³-hybridized carbons (Fsp3) is 0.500. The largest absolute Gasteiger partial charge is 0.397 e. The number of nitrogen functional groups attached to an aromatic ring is 1. The van der Waals surface area contributed by atoms with Crippen LogP contribution < -0.4 is 11.1 Å². The third-order valence-electron chi connectivity index (χ3n) is 3.50. The summed E-state index contributed by atoms with van der Waals surface area (Å²) in [5, 5.41) is 2.92. The molecule has 7 heteroatoms. The first kappa shape index (κ1) is 15.2. The van der Waals surface area contributed by atoms with Gasteiger partial charge in [0.1, 0.15) is 6.61 Å². The first-order chi connectivity index (χ1) is 10.1. The number of amides is 2. The van der Waals surface area contributed by atoms with E-state index < -0.39 is 0 Å². The third-order valence-corrected chi connectivity index (χ3v) is 3.50. The molecule has 0 bridgehead atoms. The fourth-order valence-corrected chi connectivity index (χ4v) is 2.35. The lowest BCUT2D eigenvalue weighted by Gasteiger charge is -2.32. The lowest BCUT2D eigenvalue weighted by molar-refractivity contribution is -0.136. The summed E-state index contributed by atoms with van der Waals surface area (Å²) >= 11 is 0. The Morgan fingerprint density at radius 2 is 2.19 bits per heavy atom. The van der Waals surface area contributed by atoms with Gasteiger partial charge < -0.3 is 20.7 Å². The number of methoxy groups -OCH3 is 1. The fourth-order valence-electron chi connectivity index (χ4n) is 2.35. The van der Waals surface area contributed by atoms with E-state index in [2.05, 4.69) is 10.3 Å². The second kappa shape index (κ2) is 7.03. The normalized spacial score (nSPS) is 15.8. The number of piperidine rings is 1. The van der Waals surface area contributed by atoms with Gasteiger partial charge in [-0.2, -0.15) is 0 Å². The van der Waals surface area contributed by atoms with Crippen LogP contribution in [0.1, 0.15) is 23.3 Å². The number of hydrogen-bond acceptors (Lipinski definition) is 5. The number of aromatic nitrogens is 1. The van der Waals surface area contributed by atoms with Gasteiger partial charge in [-0.1, -0.05) is 0 Å². The Kier molecular flexibility index (Phi) is 5.10. The Bertz CT molecular complexity index is 513. The van der Waals surface area contributed by atoms with E-state index in [1.54, 1.807) is 17.0 Å². The van der Waals surface area contributed by atoms with Crippen molar-refractivity contribution in [3.05, 3.63) is 24.0 Å². The molecule has 2 amide bonds. The van der Waals surface area contributed by atoms with E-state index in [-0.39, 0.29) is 30.2 Å². The quantitative estimate of drug-likeness (QED) is 0.816. The van der Waals surface area contributed by atoms with Crippen LogP contribution in [0.3, 0.4) is 0 Å². The Hall–Kier alpha value is -2.15. The van der Waals surface area contributed by atoms with Gasteiger partial charge in [0.05, 0.1) is 5.69 Å². The molecule has 0 unspecified atom stereocenters. The van der Waals surface area contributed by atoms with Crippen LogP contribution in [0.15, 0.2) is 18.3 Å². The number of ether oxygens (including phenoxy) is 1. The maximum Gasteiger partial charge on any atom is 0.272 e. The molecule has 0 radical (unpaired) electrons. The van der Waals surface area contributed by atoms with Crippen molar-refractivity contribution in [2.45, 2.75) is 18.9 Å². The Balaban J connectivity index is 1.85. The molecular formula is C14H20N4O3. The standard InChI is InChI=1S/C14H20N4O3/c1-21-9-12(19)18-7-4-10(5-8-18)17-14(20)13-11(15)3-2-6-16-13/h2-3,6,10H,4-5,7-9,15H2,1H3,(H,17,20). The molecule has 114 valence electrons. The SMILES string of the molecule is COCC(=O)N1CCC(NC(=O)c2ncccc2N)CC1. The first-order valence-electron chi connectivity index (χ1n) is 6.90. The van der Waals surface area contributed by atoms with Crippen LogP contribution >= 0.6 is 0 Å². The molecule has 1 aromatic rings. The van der Waals surface area contributed by atoms with E-state index in [0.29, 0.717) is 31.6 Å². The van der Waals surface area contributed by atoms with Crippen LogP contribution in [0.2, 0.25) is 0 Å². The van der Waals surface area contributed by atoms with Gasteiger partial charge in [-0.3, -0.25) is 9.59 Å². The van der Waals surface area contributed by atoms with Crippen molar-refractivity contribution in [2.24, 2.45) is 0 Å². The molecule has 1 aromatic heterocycles. The summed E-state index contributed by atoms with van der Waals surface area (Å²) < 4.78 is 4.84. The zero-order valence-electron chi connectivity index (χ0n) is 12.0. The third kappa shape index (κ3) is 3.91. The highest BCUT2D eigenvalue weighted by Crippen LogP contribution is 2.13. The first-order valence-corrected chi connectivity index (χ1v) is 6.90. The molecule has 2 rings (SSSR count). The molecule has 2 heterocycles. The van der Waals surface area contributed by atoms with Gasteiger partial charge in [-0.15, -0.1) is 0 Å². The van der Waals surface area contributed by atoms with Crippen LogP contribution in [0, 0.1) is 0 Å². The maximum atomic E-state index is 12.1. The predicted octanol–water partition coefficient (Wildman–Crippen LogP) is 0.0310. The van der Waals surface area contributed by atoms with Gasteiger partial charge in [0.25, 0.3) is 5.91 Å². The molecule has 0 atom stereocenters. The summed E-state index contributed by atoms with van der Waals surface area (Å²) in [5.74, 6) is -0.286. The highest BCUT2D eigenvalue weighted by Gasteiger charge is 2.24. The second-order valence-electron chi connectivity index (χ2n) is 5.00. The van der Waals surface area contributed by atoms with Crippen LogP contribution in [-0.2, 0) is 9.53 Å². The topological polar surface area (TPSA) is 97.5 Å². The summed E-state index contributed by atoms with van der Waals surface area (Å²) in [5.41, 5.74) is 6.34. The van der Waals surface area contributed by atoms with Gasteiger partial charge in [0, 0.05) is 32.4 Å². The molecule has 0 spiro atoms. The van der Waals surface area contributed by atoms with Crippen molar-refractivity contribution in [2.75, 3.05) is 32.5 Å². The summed E-state index contributed by atoms with van der Waals surface area (Å²) in [6.07, 6.45) is 2.97. The average molecular weight is 292 g/mol. The zero-order valence-corrected chi connectivity index (χ0v) is 12.0. The van der Waals surface area contributed by atoms with E-state index in [9.17, 15) is 9.59 Å². The molecule has 1 saturated heterocycles. The van der Waals surface area contributed by atoms with Crippen molar-refractivity contribution in [1.82, 2.24) is 15.2 Å². The van der Waals surface area contributed by atoms with Crippen LogP contribution in [0.4, 0.5) is 5.69 Å². The number of nitrogens with one attached hydrogen (secondary N) is 1. The van der Waals surface area contributed by atoms with Crippen LogP contribution in [0.5, 0.6) is 0 Å². The van der Waals surface area contributed by atoms with Gasteiger partial charge >= 0.3 is 0 Å². The number of anilines is 1. The Morgan fingerprint density at radius 1 is 1.48 bits per heavy atom. The molecule has 3 N–H and O–H groups in total. The molecular weight excluding hydrogens is 272 g/mol. The maximum absolute atomic E-state index is 12.1. The van der Waals surface area contributed by atoms with E-state index in [1.807, 2.05) is 0 Å². The van der Waals surface area contributed by atoms with E-state index in [4.69, 9.17) is 10.5 Å². The Morgan fingerprint density at radius 3 is 2.81 bits per heavy atom. The minimum atomic E-state index is -0.269. The molecule has 0 aliphatic carbocycles. The summed E-state index contributed by atoms with van der Waals surface area (Å²) in [7, 11) is 1.50. The number of rotatable bonds is 4. The van der Waals surface area contributed by atoms with Crippen molar-refractivity contribution in [3.8, 4) is 0 Å². The number of carbonyl (C=O) groups is 2. The van der Waals surface area contributed by atoms with Crippen molar-refractivity contribution in [3.63, 3.8) is 0 Å². The van der Waals surface area contributed by atoms with E-state index in [1.165, 1.54) is 13.3 Å². The predicted molar refractivity (Wildman–Crippen MR) is 77.6 cm³/mol. The summed E-state index contributed by atoms with van der Waals surface area (Å²) in [6, 6.07) is 3.37. The molecule has 0 aromatic carbocycles. The lowest BCUT2D eigenvalue weighted by Crippen LogP contribution is -2.47. The molecule has 1 aliphatic rings. The van der Waals surface area contributed by atoms with Crippen molar-refractivity contribution >= 4 is 17.5 Å². The Labute approximate surface area is 123 Å². The second-order valence-corrected chi connectivity index (χ2v) is 5.00. The van der Waals surface area contributed by atoms with Gasteiger partial charge in [0.2, 0.25) is 5.91 Å². The zero-order chi connectivity index (χ0) is 15.2. The lowest BCUT2D eigenvalue weighted by atomic mass is 10.0. The van der Waals surface area contributed by atoms with Gasteiger partial charge in [-0.05, 0) is 25.0 Å². The molecule has 0 saturated carbocycles. The molecule has 1 aliphatic heterocycles. The molecule has 1 fully saturated rings. The van der Waals surface area contributed by atoms with Crippen LogP contribution in [0.25, 0.3) is 0 Å². The molecule has 7 nitrogen and oxygen atoms in total. The monoisotopic (exact) mass is 292 g/mol. The number of nitrogens with two attached hydrogens (primary N) is 1. The summed E-state index contributed by atoms with van der Waals surface area (Å²) in [6.45, 7) is 1.33. The van der Waals surface area contributed by atoms with E-state index >= 15 is 0 Å². The van der Waals surface area contributed by atoms with Crippen molar-refractivity contribution < 1.29 is 14.3 Å². The average Bonchev–Trinajstić information content (AvgIpc) is 2.48. The van der Waals surface area contributed by atoms with E-state index in [0.717, 1.165) is 0 Å². The number of carbonyl (C=O) groups excluding carboxylic acids is 2. The van der Waals surface area contributed by atoms with Crippen LogP contribution in [-0.4, -0.2) is 54.5 Å². The minimum Gasteiger partial charge on any atom is -0.397 e. The number of nitrogens with zero attached hydrogens (tertiary/aromatic N) is 2. The molecule has 21 heavy (non-hydrogen) atoms. The smallest absolute Gasteiger partial charge is 0.272 e. The number of likely N-dealkylation sites (tertiary alicyclic amines) is 1. The van der Waals surface area contributed by atoms with Gasteiger partial charge in [-0.25, -0.2) is 4.98 Å². The van der Waals surface area contributed by atoms with Gasteiger partial charge in [0.15, 0.2) is 5.69 Å². The highest BCUT2D eigenvalue weighted by molar-refractivity contribution is 5.97. The minimum absolute atomic E-state index is 0.0174. The summed E-state index contributed by atoms with van der Waals surface area (Å²) in [4.78, 5) is 29.5. The van der Waals surface area contributed by atoms with Crippen molar-refractivity contribution in [1.29, 1.82) is 0 Å². The number of pyridine rings is 1.